The van der Waals surface area contributed by atoms with Gasteiger partial charge in [0.05, 0.1) is 18.9 Å². The molecule has 98 valence electrons. The normalized spacial score (nSPS) is 9.89. The lowest BCUT2D eigenvalue weighted by Gasteiger charge is -2.21. The summed E-state index contributed by atoms with van der Waals surface area (Å²) >= 11 is 0. The second-order valence-electron chi connectivity index (χ2n) is 3.70. The molecule has 0 aromatic carbocycles. The average molecular weight is 252 g/mol. The molecule has 1 amide bonds. The lowest BCUT2D eigenvalue weighted by Crippen LogP contribution is -2.36. The minimum absolute atomic E-state index is 0.127. The summed E-state index contributed by atoms with van der Waals surface area (Å²) < 4.78 is 4.54. The van der Waals surface area contributed by atoms with Crippen molar-refractivity contribution in [2.75, 3.05) is 20.2 Å². The van der Waals surface area contributed by atoms with Gasteiger partial charge in [-0.05, 0) is 12.5 Å². The highest BCUT2D eigenvalue weighted by molar-refractivity contribution is 5.98. The van der Waals surface area contributed by atoms with E-state index in [0.29, 0.717) is 13.0 Å². The van der Waals surface area contributed by atoms with Gasteiger partial charge in [-0.1, -0.05) is 6.92 Å². The van der Waals surface area contributed by atoms with Crippen LogP contribution >= 0.6 is 0 Å². The first kappa shape index (κ1) is 14.0. The number of aromatic nitrogens is 1. The first-order valence-electron chi connectivity index (χ1n) is 5.59. The van der Waals surface area contributed by atoms with E-state index in [-0.39, 0.29) is 17.9 Å². The molecule has 6 heteroatoms. The van der Waals surface area contributed by atoms with E-state index >= 15 is 0 Å². The number of amides is 1. The Bertz CT molecular complexity index is 434. The highest BCUT2D eigenvalue weighted by Crippen LogP contribution is 2.16. The zero-order valence-electron chi connectivity index (χ0n) is 10.4. The molecule has 0 atom stereocenters. The molecule has 0 spiro atoms. The van der Waals surface area contributed by atoms with E-state index in [1.165, 1.54) is 30.5 Å². The molecule has 1 rings (SSSR count). The first-order valence-corrected chi connectivity index (χ1v) is 5.59. The Kier molecular flexibility index (Phi) is 5.10. The summed E-state index contributed by atoms with van der Waals surface area (Å²) in [5, 5.41) is 9.56. The summed E-state index contributed by atoms with van der Waals surface area (Å²) in [6.07, 6.45) is 3.30. The van der Waals surface area contributed by atoms with Gasteiger partial charge in [0.25, 0.3) is 5.91 Å². The molecule has 0 fully saturated rings. The van der Waals surface area contributed by atoms with Gasteiger partial charge in [-0.2, -0.15) is 0 Å². The summed E-state index contributed by atoms with van der Waals surface area (Å²) in [6.45, 7) is 2.17. The smallest absolute Gasteiger partial charge is 0.325 e. The molecule has 1 heterocycles. The lowest BCUT2D eigenvalue weighted by molar-refractivity contribution is -0.141. The number of hydrogen-bond acceptors (Lipinski definition) is 5. The van der Waals surface area contributed by atoms with Crippen molar-refractivity contribution in [3.63, 3.8) is 0 Å². The molecule has 0 aliphatic rings. The van der Waals surface area contributed by atoms with Crippen molar-refractivity contribution in [3.05, 3.63) is 24.0 Å². The molecule has 1 aromatic heterocycles. The molecule has 0 saturated heterocycles. The highest BCUT2D eigenvalue weighted by atomic mass is 16.5. The maximum absolute atomic E-state index is 12.1. The van der Waals surface area contributed by atoms with Gasteiger partial charge in [0.1, 0.15) is 12.3 Å². The SMILES string of the molecule is CCCN(CC(=O)OC)C(=O)c1ccncc1O. The van der Waals surface area contributed by atoms with Crippen molar-refractivity contribution >= 4 is 11.9 Å². The van der Waals surface area contributed by atoms with Crippen molar-refractivity contribution in [1.82, 2.24) is 9.88 Å². The molecule has 6 nitrogen and oxygen atoms in total. The number of rotatable bonds is 5. The Morgan fingerprint density at radius 1 is 1.50 bits per heavy atom. The van der Waals surface area contributed by atoms with Crippen LogP contribution in [-0.4, -0.2) is 47.1 Å². The second kappa shape index (κ2) is 6.58. The fourth-order valence-electron chi connectivity index (χ4n) is 1.48. The van der Waals surface area contributed by atoms with E-state index in [2.05, 4.69) is 9.72 Å². The largest absolute Gasteiger partial charge is 0.505 e. The Labute approximate surface area is 105 Å². The van der Waals surface area contributed by atoms with Crippen molar-refractivity contribution in [2.45, 2.75) is 13.3 Å². The molecule has 0 aliphatic heterocycles. The van der Waals surface area contributed by atoms with Gasteiger partial charge in [-0.15, -0.1) is 0 Å². The zero-order chi connectivity index (χ0) is 13.5. The third-order valence-corrected chi connectivity index (χ3v) is 2.36. The predicted molar refractivity (Wildman–Crippen MR) is 64.1 cm³/mol. The molecule has 0 aliphatic carbocycles. The van der Waals surface area contributed by atoms with Gasteiger partial charge in [0.15, 0.2) is 0 Å². The topological polar surface area (TPSA) is 79.7 Å². The van der Waals surface area contributed by atoms with Crippen molar-refractivity contribution < 1.29 is 19.4 Å². The average Bonchev–Trinajstić information content (AvgIpc) is 2.38. The van der Waals surface area contributed by atoms with Gasteiger partial charge < -0.3 is 14.7 Å². The lowest BCUT2D eigenvalue weighted by atomic mass is 10.2. The number of carbonyl (C=O) groups excluding carboxylic acids is 2. The van der Waals surface area contributed by atoms with Crippen LogP contribution in [0.1, 0.15) is 23.7 Å². The van der Waals surface area contributed by atoms with Crippen LogP contribution in [0.5, 0.6) is 5.75 Å². The number of nitrogens with zero attached hydrogens (tertiary/aromatic N) is 2. The third kappa shape index (κ3) is 3.44. The summed E-state index contributed by atoms with van der Waals surface area (Å²) in [5.74, 6) is -1.11. The monoisotopic (exact) mass is 252 g/mol. The van der Waals surface area contributed by atoms with Crippen LogP contribution in [0.4, 0.5) is 0 Å². The maximum atomic E-state index is 12.1. The third-order valence-electron chi connectivity index (χ3n) is 2.36. The van der Waals surface area contributed by atoms with E-state index in [0.717, 1.165) is 0 Å². The molecular formula is C12H16N2O4. The van der Waals surface area contributed by atoms with E-state index < -0.39 is 11.9 Å². The molecule has 18 heavy (non-hydrogen) atoms. The minimum Gasteiger partial charge on any atom is -0.505 e. The Morgan fingerprint density at radius 2 is 2.22 bits per heavy atom. The summed E-state index contributed by atoms with van der Waals surface area (Å²) in [7, 11) is 1.26. The van der Waals surface area contributed by atoms with Crippen molar-refractivity contribution in [1.29, 1.82) is 0 Å². The maximum Gasteiger partial charge on any atom is 0.325 e. The Hall–Kier alpha value is -2.11. The molecule has 0 radical (unpaired) electrons. The van der Waals surface area contributed by atoms with Gasteiger partial charge >= 0.3 is 5.97 Å². The number of esters is 1. The van der Waals surface area contributed by atoms with Crippen molar-refractivity contribution in [2.24, 2.45) is 0 Å². The molecule has 1 aromatic rings. The molecule has 0 bridgehead atoms. The van der Waals surface area contributed by atoms with Crippen LogP contribution in [0.25, 0.3) is 0 Å². The number of methoxy groups -OCH3 is 1. The first-order chi connectivity index (χ1) is 8.60. The van der Waals surface area contributed by atoms with Crippen LogP contribution in [0, 0.1) is 0 Å². The fourth-order valence-corrected chi connectivity index (χ4v) is 1.48. The number of ether oxygens (including phenoxy) is 1. The van der Waals surface area contributed by atoms with Crippen LogP contribution in [-0.2, 0) is 9.53 Å². The van der Waals surface area contributed by atoms with Gasteiger partial charge in [-0.25, -0.2) is 0 Å². The van der Waals surface area contributed by atoms with E-state index in [9.17, 15) is 14.7 Å². The molecule has 1 N–H and O–H groups in total. The van der Waals surface area contributed by atoms with E-state index in [1.54, 1.807) is 0 Å². The number of pyridine rings is 1. The minimum atomic E-state index is -0.495. The zero-order valence-corrected chi connectivity index (χ0v) is 10.4. The standard InChI is InChI=1S/C12H16N2O4/c1-3-6-14(8-11(16)18-2)12(17)9-4-5-13-7-10(9)15/h4-5,7,15H,3,6,8H2,1-2H3. The second-order valence-corrected chi connectivity index (χ2v) is 3.70. The number of hydrogen-bond donors (Lipinski definition) is 1. The Balaban J connectivity index is 2.89. The fraction of sp³-hybridized carbons (Fsp3) is 0.417. The van der Waals surface area contributed by atoms with Crippen molar-refractivity contribution in [3.8, 4) is 5.75 Å². The van der Waals surface area contributed by atoms with Crippen LogP contribution in [0.15, 0.2) is 18.5 Å². The van der Waals surface area contributed by atoms with Gasteiger partial charge in [0, 0.05) is 12.7 Å². The Morgan fingerprint density at radius 3 is 2.78 bits per heavy atom. The molecule has 0 saturated carbocycles. The molecular weight excluding hydrogens is 236 g/mol. The van der Waals surface area contributed by atoms with Gasteiger partial charge in [0.2, 0.25) is 0 Å². The quantitative estimate of drug-likeness (QED) is 0.784. The number of aromatic hydroxyl groups is 1. The van der Waals surface area contributed by atoms with Crippen LogP contribution < -0.4 is 0 Å². The van der Waals surface area contributed by atoms with Gasteiger partial charge in [-0.3, -0.25) is 14.6 Å². The summed E-state index contributed by atoms with van der Waals surface area (Å²) in [6, 6.07) is 1.41. The van der Waals surface area contributed by atoms with Crippen LogP contribution in [0.3, 0.4) is 0 Å². The highest BCUT2D eigenvalue weighted by Gasteiger charge is 2.20. The van der Waals surface area contributed by atoms with E-state index in [1.807, 2.05) is 6.92 Å². The van der Waals surface area contributed by atoms with Crippen LogP contribution in [0.2, 0.25) is 0 Å². The summed E-state index contributed by atoms with van der Waals surface area (Å²) in [4.78, 5) is 28.4. The van der Waals surface area contributed by atoms with E-state index in [4.69, 9.17) is 0 Å². The number of carbonyl (C=O) groups is 2. The summed E-state index contributed by atoms with van der Waals surface area (Å²) in [5.41, 5.74) is 0.127. The predicted octanol–water partition coefficient (Wildman–Crippen LogP) is 0.812. The molecule has 0 unspecified atom stereocenters.